The van der Waals surface area contributed by atoms with Gasteiger partial charge in [0.15, 0.2) is 5.96 Å². The molecule has 29 heavy (non-hydrogen) atoms. The second kappa shape index (κ2) is 10.6. The normalized spacial score (nSPS) is 19.2. The van der Waals surface area contributed by atoms with Crippen LogP contribution < -0.4 is 15.5 Å². The van der Waals surface area contributed by atoms with Crippen LogP contribution in [0.4, 0.5) is 5.69 Å². The van der Waals surface area contributed by atoms with Crippen molar-refractivity contribution in [3.63, 3.8) is 0 Å². The zero-order chi connectivity index (χ0) is 20.6. The number of amides is 1. The zero-order valence-electron chi connectivity index (χ0n) is 18.3. The van der Waals surface area contributed by atoms with Gasteiger partial charge in [-0.15, -0.1) is 0 Å². The van der Waals surface area contributed by atoms with E-state index < -0.39 is 0 Å². The second-order valence-electron chi connectivity index (χ2n) is 8.65. The summed E-state index contributed by atoms with van der Waals surface area (Å²) in [6.45, 7) is 9.51. The third kappa shape index (κ3) is 6.20. The number of benzene rings is 1. The fourth-order valence-corrected chi connectivity index (χ4v) is 4.35. The molecule has 6 nitrogen and oxygen atoms in total. The lowest BCUT2D eigenvalue weighted by Crippen LogP contribution is -2.46. The van der Waals surface area contributed by atoms with Gasteiger partial charge in [-0.2, -0.15) is 0 Å². The molecule has 0 radical (unpaired) electrons. The van der Waals surface area contributed by atoms with Crippen LogP contribution in [-0.2, 0) is 11.3 Å². The summed E-state index contributed by atoms with van der Waals surface area (Å²) in [5.41, 5.74) is 2.18. The molecule has 1 aromatic rings. The number of guanidine groups is 1. The zero-order valence-corrected chi connectivity index (χ0v) is 18.3. The van der Waals surface area contributed by atoms with Crippen LogP contribution in [0.3, 0.4) is 0 Å². The smallest absolute Gasteiger partial charge is 0.227 e. The number of hydrogen-bond donors (Lipinski definition) is 2. The van der Waals surface area contributed by atoms with Gasteiger partial charge in [-0.1, -0.05) is 26.0 Å². The Bertz CT molecular complexity index is 679. The number of hydrogen-bond acceptors (Lipinski definition) is 3. The third-order valence-corrected chi connectivity index (χ3v) is 5.91. The molecule has 2 fully saturated rings. The molecular formula is C23H37N5O. The molecule has 2 aliphatic heterocycles. The number of nitrogens with zero attached hydrogens (tertiary/aromatic N) is 3. The van der Waals surface area contributed by atoms with Crippen LogP contribution in [0.25, 0.3) is 0 Å². The van der Waals surface area contributed by atoms with Crippen LogP contribution in [0.2, 0.25) is 0 Å². The molecular weight excluding hydrogens is 362 g/mol. The van der Waals surface area contributed by atoms with E-state index in [-0.39, 0.29) is 5.91 Å². The van der Waals surface area contributed by atoms with Crippen molar-refractivity contribution in [3.8, 4) is 0 Å². The number of rotatable bonds is 8. The molecule has 1 unspecified atom stereocenters. The number of nitrogens with one attached hydrogen (secondary N) is 2. The summed E-state index contributed by atoms with van der Waals surface area (Å²) in [6, 6.07) is 8.83. The fourth-order valence-electron chi connectivity index (χ4n) is 4.35. The molecule has 2 aliphatic rings. The number of carbonyl (C=O) groups excluding carboxylic acids is 1. The first-order valence-corrected chi connectivity index (χ1v) is 11.1. The molecule has 0 aliphatic carbocycles. The maximum Gasteiger partial charge on any atom is 0.227 e. The molecule has 1 atom stereocenters. The molecule has 0 bridgehead atoms. The number of carbonyl (C=O) groups is 1. The number of anilines is 1. The van der Waals surface area contributed by atoms with Crippen molar-refractivity contribution in [2.24, 2.45) is 10.9 Å². The lowest BCUT2D eigenvalue weighted by molar-refractivity contribution is -0.117. The Morgan fingerprint density at radius 2 is 1.79 bits per heavy atom. The summed E-state index contributed by atoms with van der Waals surface area (Å²) in [5, 5.41) is 6.95. The van der Waals surface area contributed by atoms with E-state index in [2.05, 4.69) is 46.5 Å². The van der Waals surface area contributed by atoms with Crippen LogP contribution in [0.15, 0.2) is 29.3 Å². The van der Waals surface area contributed by atoms with E-state index in [0.717, 1.165) is 31.2 Å². The maximum atomic E-state index is 11.9. The topological polar surface area (TPSA) is 60.0 Å². The molecule has 0 spiro atoms. The van der Waals surface area contributed by atoms with Crippen molar-refractivity contribution in [1.82, 2.24) is 15.5 Å². The second-order valence-corrected chi connectivity index (χ2v) is 8.65. The minimum atomic E-state index is 0.231. The Kier molecular flexibility index (Phi) is 7.92. The Labute approximate surface area is 175 Å². The van der Waals surface area contributed by atoms with Gasteiger partial charge in [-0.05, 0) is 62.4 Å². The number of aliphatic imine (C=N–C) groups is 1. The van der Waals surface area contributed by atoms with Crippen molar-refractivity contribution in [2.75, 3.05) is 38.1 Å². The summed E-state index contributed by atoms with van der Waals surface area (Å²) in [7, 11) is 1.82. The van der Waals surface area contributed by atoms with Crippen LogP contribution in [0.1, 0.15) is 51.5 Å². The van der Waals surface area contributed by atoms with Crippen molar-refractivity contribution in [3.05, 3.63) is 29.8 Å². The Balaban J connectivity index is 1.48. The van der Waals surface area contributed by atoms with Gasteiger partial charge in [-0.25, -0.2) is 0 Å². The van der Waals surface area contributed by atoms with Crippen molar-refractivity contribution < 1.29 is 4.79 Å². The highest BCUT2D eigenvalue weighted by Crippen LogP contribution is 2.21. The Morgan fingerprint density at radius 1 is 1.07 bits per heavy atom. The summed E-state index contributed by atoms with van der Waals surface area (Å²) in [5.74, 6) is 1.77. The molecule has 2 N–H and O–H groups in total. The SMILES string of the molecule is CN=C(NCc1ccc(N2CCCC2=O)cc1)NCC(CC(C)C)N1CCCC1. The van der Waals surface area contributed by atoms with Gasteiger partial charge in [0.2, 0.25) is 5.91 Å². The van der Waals surface area contributed by atoms with Crippen LogP contribution in [-0.4, -0.2) is 56.0 Å². The summed E-state index contributed by atoms with van der Waals surface area (Å²) in [6.07, 6.45) is 5.47. The van der Waals surface area contributed by atoms with E-state index in [0.29, 0.717) is 24.9 Å². The first-order valence-electron chi connectivity index (χ1n) is 11.1. The van der Waals surface area contributed by atoms with Gasteiger partial charge in [-0.3, -0.25) is 14.7 Å². The third-order valence-electron chi connectivity index (χ3n) is 5.91. The minimum Gasteiger partial charge on any atom is -0.355 e. The van der Waals surface area contributed by atoms with Gasteiger partial charge in [0, 0.05) is 44.8 Å². The number of likely N-dealkylation sites (tertiary alicyclic amines) is 1. The monoisotopic (exact) mass is 399 g/mol. The first-order chi connectivity index (χ1) is 14.1. The van der Waals surface area contributed by atoms with Crippen molar-refractivity contribution in [2.45, 2.75) is 58.5 Å². The van der Waals surface area contributed by atoms with Gasteiger partial charge >= 0.3 is 0 Å². The highest BCUT2D eigenvalue weighted by atomic mass is 16.2. The predicted molar refractivity (Wildman–Crippen MR) is 120 cm³/mol. The van der Waals surface area contributed by atoms with E-state index in [1.807, 2.05) is 24.1 Å². The van der Waals surface area contributed by atoms with Gasteiger partial charge in [0.1, 0.15) is 0 Å². The molecule has 3 rings (SSSR count). The molecule has 2 saturated heterocycles. The summed E-state index contributed by atoms with van der Waals surface area (Å²) in [4.78, 5) is 20.8. The van der Waals surface area contributed by atoms with E-state index in [1.165, 1.54) is 37.9 Å². The Morgan fingerprint density at radius 3 is 2.38 bits per heavy atom. The minimum absolute atomic E-state index is 0.231. The van der Waals surface area contributed by atoms with Crippen molar-refractivity contribution >= 4 is 17.6 Å². The van der Waals surface area contributed by atoms with E-state index >= 15 is 0 Å². The standard InChI is InChI=1S/C23H37N5O/c1-18(2)15-21(27-12-4-5-13-27)17-26-23(24-3)25-16-19-8-10-20(11-9-19)28-14-6-7-22(28)29/h8-11,18,21H,4-7,12-17H2,1-3H3,(H2,24,25,26). The first kappa shape index (κ1) is 21.6. The molecule has 6 heteroatoms. The molecule has 1 amide bonds. The van der Waals surface area contributed by atoms with E-state index in [4.69, 9.17) is 0 Å². The molecule has 0 aromatic heterocycles. The largest absolute Gasteiger partial charge is 0.355 e. The fraction of sp³-hybridized carbons (Fsp3) is 0.652. The Hall–Kier alpha value is -2.08. The average Bonchev–Trinajstić information content (AvgIpc) is 3.39. The quantitative estimate of drug-likeness (QED) is 0.521. The summed E-state index contributed by atoms with van der Waals surface area (Å²) >= 11 is 0. The lowest BCUT2D eigenvalue weighted by Gasteiger charge is -2.29. The van der Waals surface area contributed by atoms with Crippen LogP contribution in [0.5, 0.6) is 0 Å². The van der Waals surface area contributed by atoms with Gasteiger partial charge < -0.3 is 15.5 Å². The highest BCUT2D eigenvalue weighted by Gasteiger charge is 2.23. The van der Waals surface area contributed by atoms with Crippen LogP contribution in [0, 0.1) is 5.92 Å². The van der Waals surface area contributed by atoms with E-state index in [9.17, 15) is 4.79 Å². The van der Waals surface area contributed by atoms with Gasteiger partial charge in [0.25, 0.3) is 0 Å². The average molecular weight is 400 g/mol. The summed E-state index contributed by atoms with van der Waals surface area (Å²) < 4.78 is 0. The molecule has 1 aromatic carbocycles. The molecule has 160 valence electrons. The van der Waals surface area contributed by atoms with Crippen molar-refractivity contribution in [1.29, 1.82) is 0 Å². The van der Waals surface area contributed by atoms with E-state index in [1.54, 1.807) is 0 Å². The highest BCUT2D eigenvalue weighted by molar-refractivity contribution is 5.95. The van der Waals surface area contributed by atoms with Crippen LogP contribution >= 0.6 is 0 Å². The van der Waals surface area contributed by atoms with Gasteiger partial charge in [0.05, 0.1) is 0 Å². The maximum absolute atomic E-state index is 11.9. The lowest BCUT2D eigenvalue weighted by atomic mass is 10.0. The molecule has 0 saturated carbocycles. The molecule has 2 heterocycles. The predicted octanol–water partition coefficient (Wildman–Crippen LogP) is 2.99.